The van der Waals surface area contributed by atoms with Gasteiger partial charge in [0, 0.05) is 30.6 Å². The van der Waals surface area contributed by atoms with Crippen molar-refractivity contribution in [3.63, 3.8) is 0 Å². The summed E-state index contributed by atoms with van der Waals surface area (Å²) in [5, 5.41) is 6.72. The Hall–Kier alpha value is -0.650. The van der Waals surface area contributed by atoms with Gasteiger partial charge < -0.3 is 15.1 Å². The molecule has 2 unspecified atom stereocenters. The average Bonchev–Trinajstić information content (AvgIpc) is 2.78. The van der Waals surface area contributed by atoms with Crippen molar-refractivity contribution in [2.75, 3.05) is 38.6 Å². The molecule has 0 radical (unpaired) electrons. The molecule has 0 aliphatic carbocycles. The van der Waals surface area contributed by atoms with Crippen LogP contribution in [-0.2, 0) is 0 Å². The lowest BCUT2D eigenvalue weighted by Crippen LogP contribution is -2.40. The highest BCUT2D eigenvalue weighted by Crippen LogP contribution is 2.25. The fourth-order valence-corrected chi connectivity index (χ4v) is 3.37. The maximum atomic E-state index is 4.79. The number of anilines is 1. The molecule has 1 aromatic rings. The molecule has 2 atom stereocenters. The number of aromatic nitrogens is 1. The van der Waals surface area contributed by atoms with Crippen LogP contribution in [-0.4, -0.2) is 49.7 Å². The van der Waals surface area contributed by atoms with Gasteiger partial charge in [-0.25, -0.2) is 4.98 Å². The van der Waals surface area contributed by atoms with E-state index in [0.717, 1.165) is 30.5 Å². The molecule has 0 amide bonds. The van der Waals surface area contributed by atoms with Crippen LogP contribution >= 0.6 is 11.3 Å². The number of thiazole rings is 1. The minimum atomic E-state index is 0.331. The van der Waals surface area contributed by atoms with Crippen LogP contribution < -0.4 is 10.2 Å². The molecule has 0 aliphatic rings. The van der Waals surface area contributed by atoms with Gasteiger partial charge in [-0.05, 0) is 41.4 Å². The second-order valence-corrected chi connectivity index (χ2v) is 6.07. The smallest absolute Gasteiger partial charge is 0.185 e. The third kappa shape index (κ3) is 4.75. The van der Waals surface area contributed by atoms with Gasteiger partial charge in [0.1, 0.15) is 0 Å². The summed E-state index contributed by atoms with van der Waals surface area (Å²) in [7, 11) is 4.23. The molecule has 0 bridgehead atoms. The van der Waals surface area contributed by atoms with Crippen molar-refractivity contribution in [3.05, 3.63) is 11.1 Å². The van der Waals surface area contributed by atoms with Gasteiger partial charge in [0.15, 0.2) is 5.13 Å². The molecule has 1 N–H and O–H groups in total. The lowest BCUT2D eigenvalue weighted by atomic mass is 10.2. The number of nitrogens with zero attached hydrogens (tertiary/aromatic N) is 3. The minimum absolute atomic E-state index is 0.331. The lowest BCUT2D eigenvalue weighted by Gasteiger charge is -2.29. The summed E-state index contributed by atoms with van der Waals surface area (Å²) >= 11 is 1.75. The van der Waals surface area contributed by atoms with Gasteiger partial charge in [-0.15, -0.1) is 11.3 Å². The van der Waals surface area contributed by atoms with Crippen LogP contribution in [0.4, 0.5) is 5.13 Å². The standard InChI is InChI=1S/C14H28N4S/c1-7-15-12(4)13-10-19-14(16-13)18(8-2)11(3)9-17(5)6/h10-12,15H,7-9H2,1-6H3. The Labute approximate surface area is 121 Å². The Morgan fingerprint density at radius 3 is 2.53 bits per heavy atom. The highest BCUT2D eigenvalue weighted by molar-refractivity contribution is 7.13. The Kier molecular flexibility index (Phi) is 6.75. The fraction of sp³-hybridized carbons (Fsp3) is 0.786. The Morgan fingerprint density at radius 1 is 1.32 bits per heavy atom. The molecule has 4 nitrogen and oxygen atoms in total. The van der Waals surface area contributed by atoms with E-state index in [4.69, 9.17) is 4.98 Å². The second kappa shape index (κ2) is 7.82. The zero-order valence-corrected chi connectivity index (χ0v) is 13.9. The first-order valence-corrected chi connectivity index (χ1v) is 7.97. The van der Waals surface area contributed by atoms with Crippen molar-refractivity contribution in [3.8, 4) is 0 Å². The second-order valence-electron chi connectivity index (χ2n) is 5.23. The molecule has 0 aliphatic heterocycles. The molecule has 5 heteroatoms. The van der Waals surface area contributed by atoms with Gasteiger partial charge in [-0.3, -0.25) is 0 Å². The van der Waals surface area contributed by atoms with Gasteiger partial charge in [-0.1, -0.05) is 6.92 Å². The first-order valence-electron chi connectivity index (χ1n) is 7.09. The van der Waals surface area contributed by atoms with Crippen molar-refractivity contribution in [1.82, 2.24) is 15.2 Å². The van der Waals surface area contributed by atoms with E-state index in [1.165, 1.54) is 0 Å². The Bertz CT molecular complexity index is 364. The summed E-state index contributed by atoms with van der Waals surface area (Å²) in [6.45, 7) is 11.8. The SMILES string of the molecule is CCNC(C)c1csc(N(CC)C(C)CN(C)C)n1. The van der Waals surface area contributed by atoms with Gasteiger partial charge >= 0.3 is 0 Å². The molecule has 19 heavy (non-hydrogen) atoms. The predicted octanol–water partition coefficient (Wildman–Crippen LogP) is 2.59. The zero-order chi connectivity index (χ0) is 14.4. The highest BCUT2D eigenvalue weighted by Gasteiger charge is 2.18. The molecule has 1 rings (SSSR count). The van der Waals surface area contributed by atoms with Crippen LogP contribution in [0.1, 0.15) is 39.4 Å². The summed E-state index contributed by atoms with van der Waals surface area (Å²) in [6.07, 6.45) is 0. The molecule has 0 saturated heterocycles. The van der Waals surface area contributed by atoms with E-state index in [1.807, 2.05) is 0 Å². The molecule has 110 valence electrons. The van der Waals surface area contributed by atoms with Crippen LogP contribution in [0.25, 0.3) is 0 Å². The molecule has 0 spiro atoms. The van der Waals surface area contributed by atoms with E-state index in [2.05, 4.69) is 62.3 Å². The van der Waals surface area contributed by atoms with Crippen LogP contribution in [0, 0.1) is 0 Å². The number of nitrogens with one attached hydrogen (secondary N) is 1. The number of likely N-dealkylation sites (N-methyl/N-ethyl adjacent to an activating group) is 2. The fourth-order valence-electron chi connectivity index (χ4n) is 2.28. The van der Waals surface area contributed by atoms with Crippen molar-refractivity contribution in [2.45, 2.75) is 39.8 Å². The first-order chi connectivity index (χ1) is 8.99. The third-order valence-electron chi connectivity index (χ3n) is 3.21. The van der Waals surface area contributed by atoms with Gasteiger partial charge in [-0.2, -0.15) is 0 Å². The number of rotatable bonds is 8. The average molecular weight is 284 g/mol. The largest absolute Gasteiger partial charge is 0.344 e. The van der Waals surface area contributed by atoms with Gasteiger partial charge in [0.05, 0.1) is 5.69 Å². The van der Waals surface area contributed by atoms with E-state index in [-0.39, 0.29) is 0 Å². The van der Waals surface area contributed by atoms with Crippen LogP contribution in [0.5, 0.6) is 0 Å². The van der Waals surface area contributed by atoms with E-state index in [0.29, 0.717) is 12.1 Å². The van der Waals surface area contributed by atoms with Gasteiger partial charge in [0.25, 0.3) is 0 Å². The molecular weight excluding hydrogens is 256 g/mol. The van der Waals surface area contributed by atoms with Gasteiger partial charge in [0.2, 0.25) is 0 Å². The molecule has 0 aromatic carbocycles. The lowest BCUT2D eigenvalue weighted by molar-refractivity contribution is 0.372. The monoisotopic (exact) mass is 284 g/mol. The topological polar surface area (TPSA) is 31.4 Å². The maximum absolute atomic E-state index is 4.79. The zero-order valence-electron chi connectivity index (χ0n) is 13.1. The molecule has 0 fully saturated rings. The molecular formula is C14H28N4S. The van der Waals surface area contributed by atoms with E-state index in [1.54, 1.807) is 11.3 Å². The van der Waals surface area contributed by atoms with E-state index < -0.39 is 0 Å². The number of hydrogen-bond acceptors (Lipinski definition) is 5. The molecule has 1 aromatic heterocycles. The maximum Gasteiger partial charge on any atom is 0.185 e. The summed E-state index contributed by atoms with van der Waals surface area (Å²) in [5.74, 6) is 0. The predicted molar refractivity (Wildman–Crippen MR) is 85.2 cm³/mol. The van der Waals surface area contributed by atoms with Crippen LogP contribution in [0.2, 0.25) is 0 Å². The van der Waals surface area contributed by atoms with Crippen molar-refractivity contribution in [2.24, 2.45) is 0 Å². The third-order valence-corrected chi connectivity index (χ3v) is 4.11. The van der Waals surface area contributed by atoms with Crippen molar-refractivity contribution < 1.29 is 0 Å². The van der Waals surface area contributed by atoms with E-state index >= 15 is 0 Å². The summed E-state index contributed by atoms with van der Waals surface area (Å²) in [4.78, 5) is 9.40. The summed E-state index contributed by atoms with van der Waals surface area (Å²) in [6, 6.07) is 0.811. The Morgan fingerprint density at radius 2 is 2.00 bits per heavy atom. The van der Waals surface area contributed by atoms with Crippen molar-refractivity contribution in [1.29, 1.82) is 0 Å². The van der Waals surface area contributed by atoms with Crippen molar-refractivity contribution >= 4 is 16.5 Å². The Balaban J connectivity index is 2.76. The van der Waals surface area contributed by atoms with Crippen LogP contribution in [0.3, 0.4) is 0 Å². The van der Waals surface area contributed by atoms with Crippen LogP contribution in [0.15, 0.2) is 5.38 Å². The quantitative estimate of drug-likeness (QED) is 0.795. The normalized spacial score (nSPS) is 14.7. The minimum Gasteiger partial charge on any atom is -0.344 e. The summed E-state index contributed by atoms with van der Waals surface area (Å²) < 4.78 is 0. The van der Waals surface area contributed by atoms with E-state index in [9.17, 15) is 0 Å². The first kappa shape index (κ1) is 16.4. The molecule has 0 saturated carbocycles. The summed E-state index contributed by atoms with van der Waals surface area (Å²) in [5.41, 5.74) is 1.15. The highest BCUT2D eigenvalue weighted by atomic mass is 32.1. The number of hydrogen-bond donors (Lipinski definition) is 1. The molecule has 1 heterocycles.